The van der Waals surface area contributed by atoms with E-state index < -0.39 is 22.4 Å². The normalized spacial score (nSPS) is 27.0. The number of fused-ring (bicyclic) bond motifs is 4. The molecule has 2 N–H and O–H groups in total. The third-order valence-corrected chi connectivity index (χ3v) is 6.43. The molecule has 0 fully saturated rings. The van der Waals surface area contributed by atoms with Gasteiger partial charge < -0.3 is 24.3 Å². The monoisotopic (exact) mass is 396 g/mol. The van der Waals surface area contributed by atoms with Gasteiger partial charge in [0, 0.05) is 0 Å². The lowest BCUT2D eigenvalue weighted by atomic mass is 9.65. The Balaban J connectivity index is 2.11. The molecule has 0 saturated heterocycles. The lowest BCUT2D eigenvalue weighted by Crippen LogP contribution is -2.72. The summed E-state index contributed by atoms with van der Waals surface area (Å²) in [5.41, 5.74) is -3.42. The summed E-state index contributed by atoms with van der Waals surface area (Å²) < 4.78 is 18.4. The summed E-state index contributed by atoms with van der Waals surface area (Å²) in [6.07, 6.45) is 0. The van der Waals surface area contributed by atoms with Crippen molar-refractivity contribution in [2.24, 2.45) is 0 Å². The van der Waals surface area contributed by atoms with Crippen LogP contribution in [0.1, 0.15) is 41.5 Å². The Bertz CT molecular complexity index is 876. The molecule has 5 nitrogen and oxygen atoms in total. The number of rotatable bonds is 1. The zero-order valence-corrected chi connectivity index (χ0v) is 18.2. The zero-order chi connectivity index (χ0) is 21.5. The first kappa shape index (κ1) is 21.9. The molecule has 0 aliphatic carbocycles. The summed E-state index contributed by atoms with van der Waals surface area (Å²) in [4.78, 5) is 0. The second kappa shape index (κ2) is 7.47. The summed E-state index contributed by atoms with van der Waals surface area (Å²) in [7, 11) is 0.478. The molecule has 0 amide bonds. The molecular weight excluding hydrogens is 366 g/mol. The van der Waals surface area contributed by atoms with Crippen molar-refractivity contribution >= 4 is 25.9 Å². The van der Waals surface area contributed by atoms with E-state index >= 15 is 0 Å². The summed E-state index contributed by atoms with van der Waals surface area (Å²) in [6.45, 7) is 10.3. The summed E-state index contributed by atoms with van der Waals surface area (Å²) in [6, 6.07) is 15.3. The van der Waals surface area contributed by atoms with Crippen molar-refractivity contribution in [1.82, 2.24) is 0 Å². The van der Waals surface area contributed by atoms with E-state index in [2.05, 4.69) is 0 Å². The van der Waals surface area contributed by atoms with Crippen LogP contribution in [0.2, 0.25) is 0 Å². The van der Waals surface area contributed by atoms with E-state index in [4.69, 9.17) is 14.0 Å². The third kappa shape index (κ3) is 4.10. The van der Waals surface area contributed by atoms with Gasteiger partial charge in [0.15, 0.2) is 0 Å². The fraction of sp³-hybridized carbons (Fsp3) is 0.455. The van der Waals surface area contributed by atoms with Gasteiger partial charge in [-0.3, -0.25) is 0 Å². The molecule has 154 valence electrons. The lowest BCUT2D eigenvalue weighted by Gasteiger charge is -2.56. The smallest absolute Gasteiger partial charge is 0.309 e. The van der Waals surface area contributed by atoms with Gasteiger partial charge in [0.25, 0.3) is 0 Å². The molecule has 2 atom stereocenters. The van der Waals surface area contributed by atoms with Gasteiger partial charge in [-0.05, 0) is 76.7 Å². The van der Waals surface area contributed by atoms with Crippen molar-refractivity contribution in [2.75, 3.05) is 0 Å². The van der Waals surface area contributed by atoms with Crippen LogP contribution in [0.4, 0.5) is 0 Å². The highest BCUT2D eigenvalue weighted by Crippen LogP contribution is 2.43. The van der Waals surface area contributed by atoms with Gasteiger partial charge in [-0.1, -0.05) is 24.3 Å². The molecule has 0 saturated carbocycles. The van der Waals surface area contributed by atoms with Crippen molar-refractivity contribution in [3.8, 4) is 11.5 Å². The molecule has 2 aromatic rings. The summed E-state index contributed by atoms with van der Waals surface area (Å²) >= 11 is 0. The van der Waals surface area contributed by atoms with Crippen LogP contribution in [-0.2, 0) is 9.31 Å². The van der Waals surface area contributed by atoms with E-state index in [1.54, 1.807) is 27.7 Å². The molecule has 4 bridgehead atoms. The second-order valence-corrected chi connectivity index (χ2v) is 9.15. The second-order valence-electron chi connectivity index (χ2n) is 9.15. The van der Waals surface area contributed by atoms with Gasteiger partial charge in [-0.2, -0.15) is 0 Å². The Kier molecular flexibility index (Phi) is 5.65. The summed E-state index contributed by atoms with van der Waals surface area (Å²) in [5.74, 6) is 1.41. The molecule has 29 heavy (non-hydrogen) atoms. The fourth-order valence-corrected chi connectivity index (χ4v) is 3.65. The molecule has 1 heterocycles. The Hall–Kier alpha value is -1.79. The highest BCUT2D eigenvalue weighted by molar-refractivity contribution is 6.47. The van der Waals surface area contributed by atoms with Gasteiger partial charge in [0.1, 0.15) is 22.7 Å². The van der Waals surface area contributed by atoms with Crippen molar-refractivity contribution in [1.29, 1.82) is 0 Å². The van der Waals surface area contributed by atoms with Crippen molar-refractivity contribution < 1.29 is 24.3 Å². The minimum atomic E-state index is -1.52. The minimum Gasteiger partial charge on any atom is -0.457 e. The van der Waals surface area contributed by atoms with Crippen LogP contribution < -0.4 is 15.7 Å². The Morgan fingerprint density at radius 3 is 1.79 bits per heavy atom. The largest absolute Gasteiger partial charge is 0.457 e. The van der Waals surface area contributed by atoms with Gasteiger partial charge in [0.05, 0.1) is 11.2 Å². The number of ether oxygens (including phenoxy) is 1. The highest BCUT2D eigenvalue weighted by Gasteiger charge is 2.60. The number of aliphatic hydroxyl groups is 2. The van der Waals surface area contributed by atoms with Crippen LogP contribution in [-0.4, -0.2) is 47.6 Å². The van der Waals surface area contributed by atoms with Crippen molar-refractivity contribution in [2.45, 2.75) is 63.9 Å². The van der Waals surface area contributed by atoms with Crippen LogP contribution in [0.25, 0.3) is 0 Å². The minimum absolute atomic E-state index is 0.198. The van der Waals surface area contributed by atoms with Crippen LogP contribution >= 0.6 is 0 Å². The first-order valence-electron chi connectivity index (χ1n) is 9.94. The van der Waals surface area contributed by atoms with Crippen molar-refractivity contribution in [3.05, 3.63) is 48.5 Å². The standard InChI is InChI=1S/C22H30B2O5/c1-19(2,25)22(6)21(5,26)20(3,4)28-23-15-9-7-11-17(13-15)27-18-12-8-10-16(14-18)24-29-22/h7-14,23-26H,1-6H3. The van der Waals surface area contributed by atoms with E-state index in [1.807, 2.05) is 62.4 Å². The lowest BCUT2D eigenvalue weighted by molar-refractivity contribution is -0.254. The van der Waals surface area contributed by atoms with E-state index in [1.165, 1.54) is 0 Å². The molecule has 0 radical (unpaired) electrons. The van der Waals surface area contributed by atoms with E-state index in [0.717, 1.165) is 10.9 Å². The average Bonchev–Trinajstić information content (AvgIpc) is 2.63. The quantitative estimate of drug-likeness (QED) is 0.717. The Labute approximate surface area is 174 Å². The molecule has 3 rings (SSSR count). The SMILES string of the molecule is CC(C)(O)C1(C)OBc2cccc(c2)Oc2cccc(c2)BOC(C)(C)C1(C)O. The first-order valence-corrected chi connectivity index (χ1v) is 9.94. The Morgan fingerprint density at radius 1 is 0.828 bits per heavy atom. The van der Waals surface area contributed by atoms with Crippen LogP contribution in [0.5, 0.6) is 11.5 Å². The zero-order valence-electron chi connectivity index (χ0n) is 18.2. The maximum atomic E-state index is 11.7. The Morgan fingerprint density at radius 2 is 1.31 bits per heavy atom. The molecule has 1 aliphatic heterocycles. The fourth-order valence-electron chi connectivity index (χ4n) is 3.65. The van der Waals surface area contributed by atoms with E-state index in [0.29, 0.717) is 11.5 Å². The average molecular weight is 396 g/mol. The highest BCUT2D eigenvalue weighted by atomic mass is 16.5. The number of benzene rings is 2. The van der Waals surface area contributed by atoms with E-state index in [9.17, 15) is 10.2 Å². The molecule has 7 heteroatoms. The van der Waals surface area contributed by atoms with Gasteiger partial charge >= 0.3 is 15.0 Å². The summed E-state index contributed by atoms with van der Waals surface area (Å²) in [5, 5.41) is 22.7. The third-order valence-electron chi connectivity index (χ3n) is 6.43. The van der Waals surface area contributed by atoms with Crippen molar-refractivity contribution in [3.63, 3.8) is 0 Å². The predicted octanol–water partition coefficient (Wildman–Crippen LogP) is 1.54. The molecular formula is C22H30B2O5. The van der Waals surface area contributed by atoms with Crippen LogP contribution in [0.15, 0.2) is 48.5 Å². The molecule has 0 spiro atoms. The van der Waals surface area contributed by atoms with E-state index in [-0.39, 0.29) is 15.0 Å². The van der Waals surface area contributed by atoms with Gasteiger partial charge in [0.2, 0.25) is 0 Å². The molecule has 2 unspecified atom stereocenters. The van der Waals surface area contributed by atoms with Gasteiger partial charge in [-0.25, -0.2) is 0 Å². The maximum Gasteiger partial charge on any atom is 0.309 e. The topological polar surface area (TPSA) is 68.2 Å². The van der Waals surface area contributed by atoms with Crippen LogP contribution in [0.3, 0.4) is 0 Å². The number of hydrogen-bond donors (Lipinski definition) is 2. The molecule has 2 aromatic carbocycles. The first-order chi connectivity index (χ1) is 13.4. The molecule has 0 aromatic heterocycles. The van der Waals surface area contributed by atoms with Crippen LogP contribution in [0, 0.1) is 0 Å². The number of hydrogen-bond acceptors (Lipinski definition) is 5. The molecule has 1 aliphatic rings. The van der Waals surface area contributed by atoms with Gasteiger partial charge in [-0.15, -0.1) is 0 Å². The predicted molar refractivity (Wildman–Crippen MR) is 118 cm³/mol. The maximum absolute atomic E-state index is 11.7.